The molecule has 14 rings (SSSR count). The predicted molar refractivity (Wildman–Crippen MR) is 393 cm³/mol. The van der Waals surface area contributed by atoms with Crippen molar-refractivity contribution in [2.75, 3.05) is 34.3 Å². The molecule has 4 heterocycles. The zero-order chi connectivity index (χ0) is 69.5. The molecular weight excluding hydrogens is 1330 g/mol. The van der Waals surface area contributed by atoms with Crippen molar-refractivity contribution in [3.05, 3.63) is 273 Å². The normalized spacial score (nSPS) is 18.1. The minimum atomic E-state index is -4.94. The number of likely N-dealkylation sites (N-methyl/N-ethyl adjacent to an activating group) is 1. The number of aromatic nitrogens is 1. The second-order valence-electron chi connectivity index (χ2n) is 25.6. The van der Waals surface area contributed by atoms with E-state index in [9.17, 15) is 12.9 Å². The van der Waals surface area contributed by atoms with E-state index in [-0.39, 0.29) is 15.5 Å². The van der Waals surface area contributed by atoms with Crippen LogP contribution in [0.4, 0.5) is 41.4 Å². The molecule has 0 N–H and O–H groups in total. The number of thiazole rings is 1. The maximum Gasteiger partial charge on any atom is 0.762 e. The third kappa shape index (κ3) is 15.9. The molecule has 99 heavy (non-hydrogen) atoms. The number of anilines is 4. The third-order valence-electron chi connectivity index (χ3n) is 19.3. The number of nitrogens with zero attached hydrogens (tertiary/aromatic N) is 5. The maximum atomic E-state index is 9.67. The second kappa shape index (κ2) is 32.1. The Labute approximate surface area is 595 Å². The molecule has 5 aliphatic rings. The van der Waals surface area contributed by atoms with Gasteiger partial charge in [0.25, 0.3) is 5.01 Å². The molecule has 1 aromatic heterocycles. The van der Waals surface area contributed by atoms with Crippen LogP contribution >= 0.6 is 34.7 Å². The molecule has 8 aromatic carbocycles. The minimum Gasteiger partial charge on any atom is -1.00 e. The number of halogens is 6. The van der Waals surface area contributed by atoms with E-state index in [2.05, 4.69) is 304 Å². The summed E-state index contributed by atoms with van der Waals surface area (Å²) in [7, 11) is -8.61. The molecule has 1 unspecified atom stereocenters. The van der Waals surface area contributed by atoms with Gasteiger partial charge < -0.3 is 19.4 Å². The molecule has 0 saturated carbocycles. The van der Waals surface area contributed by atoms with Crippen LogP contribution in [0.2, 0.25) is 0 Å². The highest BCUT2D eigenvalue weighted by Crippen LogP contribution is 2.51. The van der Waals surface area contributed by atoms with Crippen molar-refractivity contribution in [1.82, 2.24) is 0 Å². The highest BCUT2D eigenvalue weighted by molar-refractivity contribution is 8.03. The highest BCUT2D eigenvalue weighted by Gasteiger charge is 2.46. The van der Waals surface area contributed by atoms with Gasteiger partial charge in [-0.05, 0) is 196 Å². The topological polar surface area (TPSA) is 109 Å². The summed E-state index contributed by atoms with van der Waals surface area (Å²) in [5.41, 5.74) is 18.5. The van der Waals surface area contributed by atoms with Gasteiger partial charge in [-0.15, -0.1) is 10.2 Å². The molecule has 512 valence electrons. The molecule has 3 aliphatic heterocycles. The van der Waals surface area contributed by atoms with Crippen molar-refractivity contribution in [2.24, 2.45) is 0 Å². The van der Waals surface area contributed by atoms with Crippen LogP contribution in [-0.2, 0) is 17.4 Å². The minimum absolute atomic E-state index is 0. The Balaban J connectivity index is 0.000000189. The number of allylic oxidation sites excluding steroid dienone is 10. The lowest BCUT2D eigenvalue weighted by Crippen LogP contribution is -3.00. The average molecular weight is 1410 g/mol. The first kappa shape index (κ1) is 73.7. The van der Waals surface area contributed by atoms with Gasteiger partial charge in [0, 0.05) is 81.4 Å². The molecule has 0 fully saturated rings. The smallest absolute Gasteiger partial charge is 0.762 e. The Kier molecular flexibility index (Phi) is 23.9. The number of benzene rings is 8. The SMILES string of the molecule is CCN1C(=C/C=C2\CCC(C=Cc3sc4ccccc4[n+]3CC)=C2N(c2ccccc2)c2ccccc2)Sc2ccccc21.CCN1c2ccc3ccccc3c2C(C)(C)C1CC=C1CCCC(C=CC2=[N+](CC)c3ccc4ccccc4c3C2(C)C)=C1Cl.FB(F)F.[F-].[O-][Cl+3]([O-])([O-])[O-]. The Morgan fingerprint density at radius 2 is 1.20 bits per heavy atom. The van der Waals surface area contributed by atoms with Crippen LogP contribution < -0.4 is 42.6 Å². The molecule has 9 nitrogen and oxygen atoms in total. The van der Waals surface area contributed by atoms with Crippen LogP contribution in [0, 0.1) is 10.2 Å². The van der Waals surface area contributed by atoms with E-state index in [1.807, 2.05) is 23.1 Å². The zero-order valence-corrected chi connectivity index (χ0v) is 60.2. The lowest BCUT2D eigenvalue weighted by atomic mass is 9.77. The number of thioether (sulfide) groups is 1. The summed E-state index contributed by atoms with van der Waals surface area (Å²) in [6.07, 6.45) is 22.8. The van der Waals surface area contributed by atoms with E-state index in [1.54, 1.807) is 0 Å². The molecule has 0 radical (unpaired) electrons. The van der Waals surface area contributed by atoms with Crippen molar-refractivity contribution >= 4 is 114 Å². The number of hydrogen-bond donors (Lipinski definition) is 0. The van der Waals surface area contributed by atoms with Crippen LogP contribution in [0.1, 0.15) is 110 Å². The van der Waals surface area contributed by atoms with Gasteiger partial charge in [0.1, 0.15) is 17.8 Å². The number of para-hydroxylation sites is 4. The van der Waals surface area contributed by atoms with Gasteiger partial charge >= 0.3 is 7.54 Å². The predicted octanol–water partition coefficient (Wildman–Crippen LogP) is 14.8. The summed E-state index contributed by atoms with van der Waals surface area (Å²) in [6, 6.07) is 66.3. The van der Waals surface area contributed by atoms with Gasteiger partial charge in [-0.3, -0.25) is 12.9 Å². The number of fused-ring (bicyclic) bond motifs is 8. The molecule has 18 heteroatoms. The van der Waals surface area contributed by atoms with Crippen LogP contribution in [0.25, 0.3) is 37.8 Å². The van der Waals surface area contributed by atoms with Crippen molar-refractivity contribution in [2.45, 2.75) is 122 Å². The molecule has 0 amide bonds. The molecule has 9 aromatic rings. The largest absolute Gasteiger partial charge is 1.00 e. The van der Waals surface area contributed by atoms with E-state index >= 15 is 0 Å². The summed E-state index contributed by atoms with van der Waals surface area (Å²) in [6.45, 7) is 22.5. The molecule has 0 saturated heterocycles. The van der Waals surface area contributed by atoms with Crippen LogP contribution in [-0.4, -0.2) is 43.5 Å². The van der Waals surface area contributed by atoms with Crippen LogP contribution in [0.5, 0.6) is 0 Å². The van der Waals surface area contributed by atoms with Gasteiger partial charge in [-0.1, -0.05) is 182 Å². The monoisotopic (exact) mass is 1410 g/mol. The summed E-state index contributed by atoms with van der Waals surface area (Å²) >= 11 is 11.0. The highest BCUT2D eigenvalue weighted by atomic mass is 35.7. The summed E-state index contributed by atoms with van der Waals surface area (Å²) < 4.78 is 69.2. The van der Waals surface area contributed by atoms with E-state index in [0.717, 1.165) is 69.7 Å². The van der Waals surface area contributed by atoms with Crippen molar-refractivity contribution in [1.29, 1.82) is 0 Å². The first-order valence-corrected chi connectivity index (χ1v) is 36.9. The number of hydrogen-bond acceptors (Lipinski definition) is 9. The van der Waals surface area contributed by atoms with E-state index in [0.29, 0.717) is 6.04 Å². The van der Waals surface area contributed by atoms with E-state index in [1.165, 1.54) is 120 Å². The van der Waals surface area contributed by atoms with Crippen LogP contribution in [0.3, 0.4) is 0 Å². The molecule has 2 aliphatic carbocycles. The number of rotatable bonds is 14. The quantitative estimate of drug-likeness (QED) is 0.0602. The summed E-state index contributed by atoms with van der Waals surface area (Å²) in [5.74, 6) is 0. The van der Waals surface area contributed by atoms with E-state index in [4.69, 9.17) is 30.2 Å². The summed E-state index contributed by atoms with van der Waals surface area (Å²) in [5, 5.41) is 8.90. The third-order valence-corrected chi connectivity index (χ3v) is 22.0. The van der Waals surface area contributed by atoms with Crippen LogP contribution in [0.15, 0.2) is 261 Å². The molecule has 0 bridgehead atoms. The van der Waals surface area contributed by atoms with Gasteiger partial charge in [-0.25, -0.2) is 18.6 Å². The molecule has 0 spiro atoms. The van der Waals surface area contributed by atoms with Gasteiger partial charge in [0.05, 0.1) is 21.8 Å². The summed E-state index contributed by atoms with van der Waals surface area (Å²) in [4.78, 5) is 8.82. The van der Waals surface area contributed by atoms with Crippen molar-refractivity contribution < 1.29 is 55.7 Å². The van der Waals surface area contributed by atoms with Gasteiger partial charge in [0.2, 0.25) is 11.2 Å². The molecule has 1 atom stereocenters. The Morgan fingerprint density at radius 3 is 1.84 bits per heavy atom. The van der Waals surface area contributed by atoms with Gasteiger partial charge in [-0.2, -0.15) is 9.14 Å². The molecular formula is C81H82BCl2F4N5O4S2. The van der Waals surface area contributed by atoms with Crippen molar-refractivity contribution in [3.63, 3.8) is 0 Å². The Bertz CT molecular complexity index is 4610. The second-order valence-corrected chi connectivity index (χ2v) is 28.9. The number of aryl methyl sites for hydroxylation is 1. The fourth-order valence-corrected chi connectivity index (χ4v) is 17.6. The van der Waals surface area contributed by atoms with Gasteiger partial charge in [0.15, 0.2) is 5.71 Å². The fraction of sp³-hybridized carbons (Fsp3) is 0.259. The standard InChI is InChI=1S/C42H46ClN2.C39H36N3S2.BF3.ClHO4.FH/c1-7-44-34-24-20-28-14-9-11-18-32(28)38(34)41(3,4)36(44)26-22-30-16-13-17-31(40(30)43)23-27-37-42(5,6)39-33-19-12-10-15-29(33)21-25-35(39)45(37)8-2;1-3-40-33-19-11-13-21-35(33)43-37(40)27-25-29-23-24-30(26-28-38-41(4-2)34-20-12-14-22-36(34)44-38)39(29)42(31-15-7-5-8-16-31)32-17-9-6-10-18-32;2-1(3)4;2-1(3,4)5;/h9-12,14-15,18-26,37H,7-8,13,16-17,27H2,1-6H3;5-22,25-28H,3-4,23-24H2,1-2H3;;(H,2,3,4,5);1H/q2*+1;;;/p-2. The Hall–Kier alpha value is -8.03. The Morgan fingerprint density at radius 1 is 0.616 bits per heavy atom. The van der Waals surface area contributed by atoms with Crippen molar-refractivity contribution in [3.8, 4) is 0 Å². The maximum absolute atomic E-state index is 9.67. The van der Waals surface area contributed by atoms with E-state index < -0.39 is 17.8 Å². The first-order chi connectivity index (χ1) is 47.2. The average Bonchev–Trinajstić information content (AvgIpc) is 1.58. The lowest BCUT2D eigenvalue weighted by molar-refractivity contribution is -2.00. The fourth-order valence-electron chi connectivity index (χ4n) is 15.0. The first-order valence-electron chi connectivity index (χ1n) is 33.6. The zero-order valence-electron chi connectivity index (χ0n) is 57.0. The lowest BCUT2D eigenvalue weighted by Gasteiger charge is -2.34.